The molecule has 9 nitrogen and oxygen atoms in total. The van der Waals surface area contributed by atoms with Crippen molar-refractivity contribution in [2.45, 2.75) is 19.3 Å². The molecule has 2 heterocycles. The van der Waals surface area contributed by atoms with Crippen LogP contribution in [0.5, 0.6) is 5.75 Å². The van der Waals surface area contributed by atoms with Crippen LogP contribution in [0.15, 0.2) is 53.9 Å². The molecular formula is C24H24N4O5S. The minimum Gasteiger partial charge on any atom is -0.494 e. The number of amides is 2. The number of anilines is 3. The van der Waals surface area contributed by atoms with Crippen molar-refractivity contribution in [3.8, 4) is 5.75 Å². The normalized spacial score (nSPS) is 13.3. The van der Waals surface area contributed by atoms with Gasteiger partial charge in [0.25, 0.3) is 17.5 Å². The van der Waals surface area contributed by atoms with Crippen LogP contribution in [0.4, 0.5) is 22.7 Å². The second kappa shape index (κ2) is 10.3. The Morgan fingerprint density at radius 3 is 2.50 bits per heavy atom. The Balaban J connectivity index is 1.51. The fourth-order valence-corrected chi connectivity index (χ4v) is 4.50. The van der Waals surface area contributed by atoms with Gasteiger partial charge >= 0.3 is 0 Å². The predicted octanol–water partition coefficient (Wildman–Crippen LogP) is 5.16. The molecule has 0 saturated carbocycles. The smallest absolute Gasteiger partial charge is 0.293 e. The summed E-state index contributed by atoms with van der Waals surface area (Å²) in [7, 11) is 1.46. The Hall–Kier alpha value is -3.92. The van der Waals surface area contributed by atoms with E-state index in [1.165, 1.54) is 24.5 Å². The average molecular weight is 481 g/mol. The van der Waals surface area contributed by atoms with Crippen LogP contribution >= 0.6 is 11.3 Å². The van der Waals surface area contributed by atoms with Gasteiger partial charge in [0.05, 0.1) is 22.6 Å². The van der Waals surface area contributed by atoms with Crippen molar-refractivity contribution in [2.75, 3.05) is 35.7 Å². The molecule has 1 aliphatic rings. The van der Waals surface area contributed by atoms with Crippen molar-refractivity contribution in [1.82, 2.24) is 0 Å². The number of ether oxygens (including phenoxy) is 1. The minimum atomic E-state index is -0.481. The van der Waals surface area contributed by atoms with E-state index in [4.69, 9.17) is 4.74 Å². The third-order valence-corrected chi connectivity index (χ3v) is 6.45. The van der Waals surface area contributed by atoms with Gasteiger partial charge in [0.1, 0.15) is 11.4 Å². The molecule has 0 spiro atoms. The highest BCUT2D eigenvalue weighted by Gasteiger charge is 2.23. The number of nitro groups is 1. The number of carbonyl (C=O) groups excluding carboxylic acids is 2. The lowest BCUT2D eigenvalue weighted by molar-refractivity contribution is -0.384. The van der Waals surface area contributed by atoms with Crippen molar-refractivity contribution in [3.63, 3.8) is 0 Å². The Labute approximate surface area is 200 Å². The van der Waals surface area contributed by atoms with Crippen molar-refractivity contribution in [3.05, 3.63) is 74.5 Å². The lowest BCUT2D eigenvalue weighted by Gasteiger charge is -2.28. The van der Waals surface area contributed by atoms with Gasteiger partial charge in [-0.05, 0) is 55.0 Å². The Bertz CT molecular complexity index is 1210. The molecular weight excluding hydrogens is 456 g/mol. The molecule has 2 amide bonds. The second-order valence-electron chi connectivity index (χ2n) is 7.81. The summed E-state index contributed by atoms with van der Waals surface area (Å²) in [5, 5.41) is 19.0. The molecule has 2 aromatic carbocycles. The van der Waals surface area contributed by atoms with E-state index in [9.17, 15) is 19.7 Å². The van der Waals surface area contributed by atoms with E-state index in [1.54, 1.807) is 42.5 Å². The summed E-state index contributed by atoms with van der Waals surface area (Å²) in [5.74, 6) is -0.369. The van der Waals surface area contributed by atoms with Gasteiger partial charge in [0.15, 0.2) is 0 Å². The topological polar surface area (TPSA) is 114 Å². The highest BCUT2D eigenvalue weighted by molar-refractivity contribution is 7.12. The van der Waals surface area contributed by atoms with Gasteiger partial charge < -0.3 is 20.3 Å². The third kappa shape index (κ3) is 5.18. The van der Waals surface area contributed by atoms with Crippen molar-refractivity contribution in [1.29, 1.82) is 0 Å². The van der Waals surface area contributed by atoms with E-state index in [2.05, 4.69) is 10.6 Å². The molecule has 1 fully saturated rings. The summed E-state index contributed by atoms with van der Waals surface area (Å²) in [4.78, 5) is 39.0. The zero-order chi connectivity index (χ0) is 24.1. The lowest BCUT2D eigenvalue weighted by atomic mass is 10.1. The highest BCUT2D eigenvalue weighted by atomic mass is 32.1. The van der Waals surface area contributed by atoms with E-state index >= 15 is 0 Å². The molecule has 176 valence electrons. The molecule has 2 N–H and O–H groups in total. The van der Waals surface area contributed by atoms with Gasteiger partial charge in [-0.25, -0.2) is 0 Å². The van der Waals surface area contributed by atoms with E-state index < -0.39 is 10.8 Å². The van der Waals surface area contributed by atoms with Gasteiger partial charge in [0.2, 0.25) is 0 Å². The Morgan fingerprint density at radius 1 is 1.03 bits per heavy atom. The van der Waals surface area contributed by atoms with Gasteiger partial charge in [-0.1, -0.05) is 6.07 Å². The maximum absolute atomic E-state index is 12.8. The number of rotatable bonds is 7. The lowest BCUT2D eigenvalue weighted by Crippen LogP contribution is -2.30. The molecule has 0 unspecified atom stereocenters. The number of hydrogen-bond donors (Lipinski definition) is 2. The van der Waals surface area contributed by atoms with E-state index in [0.29, 0.717) is 27.7 Å². The zero-order valence-electron chi connectivity index (χ0n) is 18.6. The first-order valence-corrected chi connectivity index (χ1v) is 11.7. The summed E-state index contributed by atoms with van der Waals surface area (Å²) in [5.41, 5.74) is 1.52. The summed E-state index contributed by atoms with van der Waals surface area (Å²) in [6, 6.07) is 12.9. The van der Waals surface area contributed by atoms with Crippen LogP contribution in [0, 0.1) is 10.1 Å². The molecule has 4 rings (SSSR count). The van der Waals surface area contributed by atoms with Crippen molar-refractivity contribution < 1.29 is 19.2 Å². The first kappa shape index (κ1) is 23.2. The Morgan fingerprint density at radius 2 is 1.82 bits per heavy atom. The standard InChI is InChI=1S/C24H24N4O5S/c1-33-21-15-17(8-9-18(21)26-24(30)22-6-5-13-34-22)25-23(29)16-7-10-19(20(14-16)28(31)32)27-11-3-2-4-12-27/h5-10,13-15H,2-4,11-12H2,1H3,(H,25,29)(H,26,30). The number of thiophene rings is 1. The van der Waals surface area contributed by atoms with Crippen molar-refractivity contribution in [2.24, 2.45) is 0 Å². The maximum Gasteiger partial charge on any atom is 0.293 e. The summed E-state index contributed by atoms with van der Waals surface area (Å²) in [6.07, 6.45) is 3.10. The number of hydrogen-bond acceptors (Lipinski definition) is 7. The second-order valence-corrected chi connectivity index (χ2v) is 8.76. The molecule has 1 aliphatic heterocycles. The summed E-state index contributed by atoms with van der Waals surface area (Å²) >= 11 is 1.33. The molecule has 0 atom stereocenters. The molecule has 34 heavy (non-hydrogen) atoms. The highest BCUT2D eigenvalue weighted by Crippen LogP contribution is 2.32. The number of methoxy groups -OCH3 is 1. The fourth-order valence-electron chi connectivity index (χ4n) is 3.88. The van der Waals surface area contributed by atoms with Crippen LogP contribution in [0.2, 0.25) is 0 Å². The van der Waals surface area contributed by atoms with Crippen LogP contribution in [-0.4, -0.2) is 36.9 Å². The van der Waals surface area contributed by atoms with Gasteiger partial charge in [-0.3, -0.25) is 19.7 Å². The largest absolute Gasteiger partial charge is 0.494 e. The van der Waals surface area contributed by atoms with Crippen LogP contribution in [-0.2, 0) is 0 Å². The number of nitro benzene ring substituents is 1. The number of nitrogens with zero attached hydrogens (tertiary/aromatic N) is 2. The van der Waals surface area contributed by atoms with Crippen LogP contribution in [0.25, 0.3) is 0 Å². The number of nitrogens with one attached hydrogen (secondary N) is 2. The molecule has 0 aliphatic carbocycles. The van der Waals surface area contributed by atoms with Crippen LogP contribution in [0.3, 0.4) is 0 Å². The molecule has 1 saturated heterocycles. The van der Waals surface area contributed by atoms with E-state index in [1.807, 2.05) is 10.3 Å². The van der Waals surface area contributed by atoms with Crippen LogP contribution in [0.1, 0.15) is 39.3 Å². The quantitative estimate of drug-likeness (QED) is 0.357. The number of carbonyl (C=O) groups is 2. The monoisotopic (exact) mass is 480 g/mol. The molecule has 1 aromatic heterocycles. The molecule has 0 bridgehead atoms. The number of piperidine rings is 1. The fraction of sp³-hybridized carbons (Fsp3) is 0.250. The number of benzene rings is 2. The predicted molar refractivity (Wildman–Crippen MR) is 132 cm³/mol. The van der Waals surface area contributed by atoms with Crippen LogP contribution < -0.4 is 20.3 Å². The summed E-state index contributed by atoms with van der Waals surface area (Å²) in [6.45, 7) is 1.53. The molecule has 10 heteroatoms. The third-order valence-electron chi connectivity index (χ3n) is 5.58. The van der Waals surface area contributed by atoms with Gasteiger partial charge in [-0.15, -0.1) is 11.3 Å². The van der Waals surface area contributed by atoms with E-state index in [0.717, 1.165) is 32.4 Å². The maximum atomic E-state index is 12.8. The molecule has 0 radical (unpaired) electrons. The van der Waals surface area contributed by atoms with E-state index in [-0.39, 0.29) is 17.2 Å². The first-order chi connectivity index (χ1) is 16.5. The first-order valence-electron chi connectivity index (χ1n) is 10.8. The molecule has 3 aromatic rings. The average Bonchev–Trinajstić information content (AvgIpc) is 3.40. The SMILES string of the molecule is COc1cc(NC(=O)c2ccc(N3CCCCC3)c([N+](=O)[O-])c2)ccc1NC(=O)c1cccs1. The van der Waals surface area contributed by atoms with Gasteiger partial charge in [-0.2, -0.15) is 0 Å². The zero-order valence-corrected chi connectivity index (χ0v) is 19.4. The van der Waals surface area contributed by atoms with Crippen molar-refractivity contribution >= 4 is 45.9 Å². The Kier molecular flexibility index (Phi) is 7.07. The minimum absolute atomic E-state index is 0.0845. The van der Waals surface area contributed by atoms with Gasteiger partial charge in [0, 0.05) is 36.5 Å². The summed E-state index contributed by atoms with van der Waals surface area (Å²) < 4.78 is 5.37.